The number of aliphatic carboxylic acids is 2. The van der Waals surface area contributed by atoms with Crippen molar-refractivity contribution in [2.75, 3.05) is 0 Å². The molecule has 11 nitrogen and oxygen atoms in total. The molecular weight excluding hydrogens is 336 g/mol. The maximum absolute atomic E-state index is 12.2. The molecular formula is C14H24N4O7. The van der Waals surface area contributed by atoms with Crippen LogP contribution in [-0.4, -0.2) is 58.0 Å². The molecule has 142 valence electrons. The molecule has 8 N–H and O–H groups in total. The van der Waals surface area contributed by atoms with Crippen LogP contribution in [0.15, 0.2) is 0 Å². The van der Waals surface area contributed by atoms with E-state index in [1.807, 2.05) is 0 Å². The van der Waals surface area contributed by atoms with Gasteiger partial charge >= 0.3 is 11.9 Å². The van der Waals surface area contributed by atoms with Gasteiger partial charge in [0.25, 0.3) is 0 Å². The average molecular weight is 360 g/mol. The number of primary amides is 1. The largest absolute Gasteiger partial charge is 0.481 e. The first-order chi connectivity index (χ1) is 11.4. The Morgan fingerprint density at radius 3 is 1.84 bits per heavy atom. The summed E-state index contributed by atoms with van der Waals surface area (Å²) in [6, 6.07) is -4.04. The molecule has 0 heterocycles. The summed E-state index contributed by atoms with van der Waals surface area (Å²) in [5, 5.41) is 22.1. The van der Waals surface area contributed by atoms with E-state index in [2.05, 4.69) is 10.6 Å². The molecule has 0 saturated carbocycles. The first kappa shape index (κ1) is 22.3. The van der Waals surface area contributed by atoms with Crippen molar-refractivity contribution in [2.45, 2.75) is 51.2 Å². The van der Waals surface area contributed by atoms with Crippen LogP contribution >= 0.6 is 0 Å². The fourth-order valence-corrected chi connectivity index (χ4v) is 1.94. The lowest BCUT2D eigenvalue weighted by atomic mass is 10.0. The summed E-state index contributed by atoms with van der Waals surface area (Å²) in [5.41, 5.74) is 10.4. The minimum Gasteiger partial charge on any atom is -0.481 e. The van der Waals surface area contributed by atoms with Gasteiger partial charge in [-0.15, -0.1) is 0 Å². The van der Waals surface area contributed by atoms with Gasteiger partial charge in [0.1, 0.15) is 12.1 Å². The molecule has 0 aromatic rings. The number of amides is 3. The van der Waals surface area contributed by atoms with E-state index in [-0.39, 0.29) is 12.3 Å². The van der Waals surface area contributed by atoms with E-state index in [1.165, 1.54) is 0 Å². The van der Waals surface area contributed by atoms with Crippen LogP contribution < -0.4 is 22.1 Å². The van der Waals surface area contributed by atoms with Crippen LogP contribution in [0.1, 0.15) is 33.1 Å². The second-order valence-electron chi connectivity index (χ2n) is 5.96. The highest BCUT2D eigenvalue weighted by Crippen LogP contribution is 2.07. The maximum atomic E-state index is 12.2. The monoisotopic (exact) mass is 360 g/mol. The van der Waals surface area contributed by atoms with E-state index < -0.39 is 60.6 Å². The third kappa shape index (κ3) is 9.25. The highest BCUT2D eigenvalue weighted by molar-refractivity contribution is 5.94. The van der Waals surface area contributed by atoms with Gasteiger partial charge in [0, 0.05) is 0 Å². The minimum absolute atomic E-state index is 0.0498. The number of carboxylic acid groups (broad SMARTS) is 2. The van der Waals surface area contributed by atoms with Gasteiger partial charge in [-0.25, -0.2) is 4.79 Å². The van der Waals surface area contributed by atoms with Crippen molar-refractivity contribution >= 4 is 29.7 Å². The fraction of sp³-hybridized carbons (Fsp3) is 0.643. The Kier molecular flexibility index (Phi) is 9.13. The van der Waals surface area contributed by atoms with Gasteiger partial charge in [0.05, 0.1) is 18.9 Å². The molecule has 0 aliphatic rings. The summed E-state index contributed by atoms with van der Waals surface area (Å²) < 4.78 is 0. The predicted molar refractivity (Wildman–Crippen MR) is 85.0 cm³/mol. The number of hydrogen-bond donors (Lipinski definition) is 6. The molecule has 0 unspecified atom stereocenters. The van der Waals surface area contributed by atoms with Gasteiger partial charge in [-0.1, -0.05) is 13.8 Å². The molecule has 0 radical (unpaired) electrons. The average Bonchev–Trinajstić information content (AvgIpc) is 2.43. The lowest BCUT2D eigenvalue weighted by molar-refractivity contribution is -0.147. The summed E-state index contributed by atoms with van der Waals surface area (Å²) >= 11 is 0. The van der Waals surface area contributed by atoms with E-state index in [0.29, 0.717) is 0 Å². The molecule has 0 aliphatic heterocycles. The minimum atomic E-state index is -1.64. The third-order valence-electron chi connectivity index (χ3n) is 3.09. The molecule has 0 rings (SSSR count). The number of carbonyl (C=O) groups is 5. The van der Waals surface area contributed by atoms with Crippen molar-refractivity contribution < 1.29 is 34.2 Å². The third-order valence-corrected chi connectivity index (χ3v) is 3.09. The summed E-state index contributed by atoms with van der Waals surface area (Å²) in [6.45, 7) is 3.53. The van der Waals surface area contributed by atoms with Crippen LogP contribution in [0.4, 0.5) is 0 Å². The molecule has 3 atom stereocenters. The zero-order valence-electron chi connectivity index (χ0n) is 14.0. The van der Waals surface area contributed by atoms with Crippen molar-refractivity contribution in [1.29, 1.82) is 0 Å². The van der Waals surface area contributed by atoms with E-state index in [1.54, 1.807) is 13.8 Å². The van der Waals surface area contributed by atoms with Gasteiger partial charge in [0.2, 0.25) is 17.7 Å². The topological polar surface area (TPSA) is 202 Å². The Morgan fingerprint density at radius 2 is 1.44 bits per heavy atom. The van der Waals surface area contributed by atoms with Crippen molar-refractivity contribution in [3.05, 3.63) is 0 Å². The second-order valence-corrected chi connectivity index (χ2v) is 5.96. The standard InChI is InChI=1S/C14H24N4O7/c1-6(2)3-8(17-12(22)7(15)4-10(16)19)13(23)18-9(14(24)25)5-11(20)21/h6-9H,3-5,15H2,1-2H3,(H2,16,19)(H,17,22)(H,18,23)(H,20,21)(H,24,25)/t7-,8-,9-/m0/s1. The van der Waals surface area contributed by atoms with E-state index >= 15 is 0 Å². The molecule has 0 aromatic heterocycles. The number of carboxylic acids is 2. The lowest BCUT2D eigenvalue weighted by Gasteiger charge is -2.23. The summed E-state index contributed by atoms with van der Waals surface area (Å²) in [5.74, 6) is -5.42. The van der Waals surface area contributed by atoms with E-state index in [4.69, 9.17) is 21.7 Å². The molecule has 0 fully saturated rings. The second kappa shape index (κ2) is 10.2. The first-order valence-electron chi connectivity index (χ1n) is 7.53. The number of carbonyl (C=O) groups excluding carboxylic acids is 3. The molecule has 0 saturated heterocycles. The van der Waals surface area contributed by atoms with Crippen LogP contribution in [-0.2, 0) is 24.0 Å². The van der Waals surface area contributed by atoms with Crippen LogP contribution in [0.25, 0.3) is 0 Å². The van der Waals surface area contributed by atoms with Crippen LogP contribution in [0, 0.1) is 5.92 Å². The van der Waals surface area contributed by atoms with E-state index in [9.17, 15) is 24.0 Å². The Bertz CT molecular complexity index is 535. The van der Waals surface area contributed by atoms with Gasteiger partial charge in [0.15, 0.2) is 0 Å². The smallest absolute Gasteiger partial charge is 0.326 e. The quantitative estimate of drug-likeness (QED) is 0.237. The van der Waals surface area contributed by atoms with Gasteiger partial charge in [-0.3, -0.25) is 19.2 Å². The van der Waals surface area contributed by atoms with E-state index in [0.717, 1.165) is 0 Å². The van der Waals surface area contributed by atoms with Crippen molar-refractivity contribution in [3.8, 4) is 0 Å². The highest BCUT2D eigenvalue weighted by atomic mass is 16.4. The molecule has 0 aromatic carbocycles. The Labute approximate surface area is 144 Å². The zero-order valence-corrected chi connectivity index (χ0v) is 14.0. The Balaban J connectivity index is 5.08. The van der Waals surface area contributed by atoms with Crippen molar-refractivity contribution in [2.24, 2.45) is 17.4 Å². The van der Waals surface area contributed by atoms with Crippen molar-refractivity contribution in [1.82, 2.24) is 10.6 Å². The Hall–Kier alpha value is -2.69. The summed E-state index contributed by atoms with van der Waals surface area (Å²) in [6.07, 6.45) is -1.08. The van der Waals surface area contributed by atoms with Crippen molar-refractivity contribution in [3.63, 3.8) is 0 Å². The molecule has 0 bridgehead atoms. The fourth-order valence-electron chi connectivity index (χ4n) is 1.94. The first-order valence-corrected chi connectivity index (χ1v) is 7.53. The van der Waals surface area contributed by atoms with Gasteiger partial charge < -0.3 is 32.3 Å². The zero-order chi connectivity index (χ0) is 19.7. The highest BCUT2D eigenvalue weighted by Gasteiger charge is 2.29. The van der Waals surface area contributed by atoms with Crippen LogP contribution in [0.3, 0.4) is 0 Å². The molecule has 3 amide bonds. The number of hydrogen-bond acceptors (Lipinski definition) is 6. The molecule has 11 heteroatoms. The normalized spacial score (nSPS) is 14.2. The predicted octanol–water partition coefficient (Wildman–Crippen LogP) is -2.24. The maximum Gasteiger partial charge on any atom is 0.326 e. The SMILES string of the molecule is CC(C)C[C@H](NC(=O)[C@@H](N)CC(N)=O)C(=O)N[C@@H](CC(=O)O)C(=O)O. The summed E-state index contributed by atoms with van der Waals surface area (Å²) in [4.78, 5) is 56.7. The van der Waals surface area contributed by atoms with Crippen LogP contribution in [0.2, 0.25) is 0 Å². The summed E-state index contributed by atoms with van der Waals surface area (Å²) in [7, 11) is 0. The van der Waals surface area contributed by atoms with Gasteiger partial charge in [-0.2, -0.15) is 0 Å². The van der Waals surface area contributed by atoms with Crippen LogP contribution in [0.5, 0.6) is 0 Å². The number of rotatable bonds is 11. The molecule has 0 spiro atoms. The molecule has 25 heavy (non-hydrogen) atoms. The lowest BCUT2D eigenvalue weighted by Crippen LogP contribution is -2.55. The molecule has 0 aliphatic carbocycles. The Morgan fingerprint density at radius 1 is 0.920 bits per heavy atom. The number of nitrogens with two attached hydrogens (primary N) is 2. The van der Waals surface area contributed by atoms with Gasteiger partial charge in [-0.05, 0) is 12.3 Å². The number of nitrogens with one attached hydrogen (secondary N) is 2.